The van der Waals surface area contributed by atoms with Gasteiger partial charge in [0.25, 0.3) is 0 Å². The zero-order chi connectivity index (χ0) is 15.8. The molecule has 0 radical (unpaired) electrons. The van der Waals surface area contributed by atoms with Crippen molar-refractivity contribution in [2.45, 2.75) is 18.9 Å². The van der Waals surface area contributed by atoms with Gasteiger partial charge in [-0.2, -0.15) is 5.10 Å². The van der Waals surface area contributed by atoms with E-state index < -0.39 is 0 Å². The number of anilines is 1. The number of fused-ring (bicyclic) bond motifs is 1. The third-order valence-electron chi connectivity index (χ3n) is 4.27. The summed E-state index contributed by atoms with van der Waals surface area (Å²) in [5, 5.41) is 5.39. The van der Waals surface area contributed by atoms with Crippen LogP contribution in [0.4, 0.5) is 5.82 Å². The van der Waals surface area contributed by atoms with Gasteiger partial charge in [-0.15, -0.1) is 0 Å². The highest BCUT2D eigenvalue weighted by atomic mass is 35.5. The van der Waals surface area contributed by atoms with Crippen LogP contribution in [-0.4, -0.2) is 33.7 Å². The Bertz CT molecular complexity index is 827. The van der Waals surface area contributed by atoms with E-state index >= 15 is 0 Å². The number of nitrogens with zero attached hydrogens (tertiary/aromatic N) is 4. The van der Waals surface area contributed by atoms with E-state index in [2.05, 4.69) is 21.0 Å². The Morgan fingerprint density at radius 2 is 2.04 bits per heavy atom. The Hall–Kier alpha value is -2.11. The number of nitrogens with two attached hydrogens (primary N) is 1. The third kappa shape index (κ3) is 2.78. The quantitative estimate of drug-likeness (QED) is 0.786. The molecule has 6 heteroatoms. The molecular weight excluding hydrogens is 310 g/mol. The van der Waals surface area contributed by atoms with Crippen molar-refractivity contribution in [3.63, 3.8) is 0 Å². The Morgan fingerprint density at radius 3 is 2.83 bits per heavy atom. The number of piperidine rings is 1. The molecule has 1 aliphatic rings. The van der Waals surface area contributed by atoms with Crippen molar-refractivity contribution in [1.82, 2.24) is 14.6 Å². The highest BCUT2D eigenvalue weighted by Crippen LogP contribution is 2.27. The van der Waals surface area contributed by atoms with Crippen LogP contribution in [0.5, 0.6) is 0 Å². The van der Waals surface area contributed by atoms with Gasteiger partial charge in [0.1, 0.15) is 5.52 Å². The van der Waals surface area contributed by atoms with Gasteiger partial charge in [-0.05, 0) is 31.0 Å². The number of benzene rings is 1. The zero-order valence-corrected chi connectivity index (χ0v) is 13.4. The number of aromatic nitrogens is 3. The van der Waals surface area contributed by atoms with Gasteiger partial charge < -0.3 is 10.6 Å². The molecule has 0 bridgehead atoms. The maximum Gasteiger partial charge on any atom is 0.154 e. The number of rotatable bonds is 2. The molecule has 3 heterocycles. The van der Waals surface area contributed by atoms with Gasteiger partial charge in [-0.3, -0.25) is 0 Å². The lowest BCUT2D eigenvalue weighted by Gasteiger charge is -2.31. The van der Waals surface area contributed by atoms with Gasteiger partial charge in [-0.1, -0.05) is 23.7 Å². The molecule has 4 rings (SSSR count). The molecular formula is C17H18ClN5. The Kier molecular flexibility index (Phi) is 3.67. The standard InChI is InChI=1S/C17H18ClN5/c18-13-5-3-12(4-6-13)15-10-16-17(20-7-9-23(16)21-15)22-8-1-2-14(19)11-22/h3-7,9-10,14H,1-2,8,11,19H2. The van der Waals surface area contributed by atoms with Crippen LogP contribution in [-0.2, 0) is 0 Å². The van der Waals surface area contributed by atoms with Crippen molar-refractivity contribution in [3.05, 3.63) is 47.7 Å². The summed E-state index contributed by atoms with van der Waals surface area (Å²) in [5.41, 5.74) is 9.07. The summed E-state index contributed by atoms with van der Waals surface area (Å²) in [6, 6.07) is 10.0. The minimum atomic E-state index is 0.212. The molecule has 2 N–H and O–H groups in total. The number of halogens is 1. The van der Waals surface area contributed by atoms with Gasteiger partial charge in [0, 0.05) is 42.1 Å². The van der Waals surface area contributed by atoms with Gasteiger partial charge in [0.2, 0.25) is 0 Å². The van der Waals surface area contributed by atoms with Gasteiger partial charge in [0.05, 0.1) is 5.69 Å². The third-order valence-corrected chi connectivity index (χ3v) is 4.52. The summed E-state index contributed by atoms with van der Waals surface area (Å²) in [6.07, 6.45) is 5.85. The van der Waals surface area contributed by atoms with Crippen LogP contribution in [0.15, 0.2) is 42.7 Å². The molecule has 1 atom stereocenters. The van der Waals surface area contributed by atoms with Crippen molar-refractivity contribution >= 4 is 22.9 Å². The topological polar surface area (TPSA) is 59.5 Å². The van der Waals surface area contributed by atoms with Gasteiger partial charge in [-0.25, -0.2) is 9.50 Å². The molecule has 0 saturated carbocycles. The average Bonchev–Trinajstić information content (AvgIpc) is 2.99. The van der Waals surface area contributed by atoms with Crippen LogP contribution in [0.3, 0.4) is 0 Å². The van der Waals surface area contributed by atoms with E-state index in [-0.39, 0.29) is 6.04 Å². The van der Waals surface area contributed by atoms with E-state index in [1.807, 2.05) is 35.0 Å². The fraction of sp³-hybridized carbons (Fsp3) is 0.294. The Morgan fingerprint density at radius 1 is 1.22 bits per heavy atom. The first-order valence-electron chi connectivity index (χ1n) is 7.81. The monoisotopic (exact) mass is 327 g/mol. The van der Waals surface area contributed by atoms with Crippen molar-refractivity contribution in [1.29, 1.82) is 0 Å². The second-order valence-corrected chi connectivity index (χ2v) is 6.40. The molecule has 2 aromatic heterocycles. The van der Waals surface area contributed by atoms with Crippen molar-refractivity contribution < 1.29 is 0 Å². The van der Waals surface area contributed by atoms with Gasteiger partial charge >= 0.3 is 0 Å². The minimum absolute atomic E-state index is 0.212. The van der Waals surface area contributed by atoms with Crippen LogP contribution < -0.4 is 10.6 Å². The molecule has 3 aromatic rings. The Labute approximate surface area is 139 Å². The fourth-order valence-corrected chi connectivity index (χ4v) is 3.24. The van der Waals surface area contributed by atoms with Crippen LogP contribution in [0, 0.1) is 0 Å². The maximum atomic E-state index is 6.11. The second-order valence-electron chi connectivity index (χ2n) is 5.97. The maximum absolute atomic E-state index is 6.11. The van der Waals surface area contributed by atoms with Crippen molar-refractivity contribution in [3.8, 4) is 11.3 Å². The summed E-state index contributed by atoms with van der Waals surface area (Å²) >= 11 is 5.96. The smallest absolute Gasteiger partial charge is 0.154 e. The lowest BCUT2D eigenvalue weighted by molar-refractivity contribution is 0.503. The van der Waals surface area contributed by atoms with E-state index in [4.69, 9.17) is 17.3 Å². The van der Waals surface area contributed by atoms with E-state index in [9.17, 15) is 0 Å². The largest absolute Gasteiger partial charge is 0.353 e. The van der Waals surface area contributed by atoms with E-state index in [1.54, 1.807) is 6.20 Å². The molecule has 5 nitrogen and oxygen atoms in total. The first kappa shape index (κ1) is 14.5. The molecule has 0 amide bonds. The second kappa shape index (κ2) is 5.83. The summed E-state index contributed by atoms with van der Waals surface area (Å²) in [4.78, 5) is 6.84. The minimum Gasteiger partial charge on any atom is -0.353 e. The summed E-state index contributed by atoms with van der Waals surface area (Å²) in [6.45, 7) is 1.83. The molecule has 1 unspecified atom stereocenters. The average molecular weight is 328 g/mol. The van der Waals surface area contributed by atoms with Crippen molar-refractivity contribution in [2.24, 2.45) is 5.73 Å². The number of hydrogen-bond acceptors (Lipinski definition) is 4. The molecule has 118 valence electrons. The number of hydrogen-bond donors (Lipinski definition) is 1. The molecule has 1 fully saturated rings. The molecule has 23 heavy (non-hydrogen) atoms. The predicted molar refractivity (Wildman–Crippen MR) is 92.9 cm³/mol. The first-order valence-corrected chi connectivity index (χ1v) is 8.19. The fourth-order valence-electron chi connectivity index (χ4n) is 3.12. The lowest BCUT2D eigenvalue weighted by Crippen LogP contribution is -2.43. The molecule has 1 saturated heterocycles. The van der Waals surface area contributed by atoms with Gasteiger partial charge in [0.15, 0.2) is 5.82 Å². The van der Waals surface area contributed by atoms with Crippen LogP contribution in [0.25, 0.3) is 16.8 Å². The highest BCUT2D eigenvalue weighted by Gasteiger charge is 2.20. The highest BCUT2D eigenvalue weighted by molar-refractivity contribution is 6.30. The summed E-state index contributed by atoms with van der Waals surface area (Å²) in [7, 11) is 0. The van der Waals surface area contributed by atoms with Crippen LogP contribution >= 0.6 is 11.6 Å². The predicted octanol–water partition coefficient (Wildman–Crippen LogP) is 2.98. The van der Waals surface area contributed by atoms with E-state index in [1.165, 1.54) is 0 Å². The van der Waals surface area contributed by atoms with E-state index in [0.29, 0.717) is 0 Å². The molecule has 0 aliphatic carbocycles. The normalized spacial score (nSPS) is 18.5. The SMILES string of the molecule is NC1CCCN(c2nccn3nc(-c4ccc(Cl)cc4)cc23)C1. The van der Waals surface area contributed by atoms with Crippen molar-refractivity contribution in [2.75, 3.05) is 18.0 Å². The Balaban J connectivity index is 1.76. The van der Waals surface area contributed by atoms with Crippen LogP contribution in [0.1, 0.15) is 12.8 Å². The molecule has 0 spiro atoms. The van der Waals surface area contributed by atoms with Crippen LogP contribution in [0.2, 0.25) is 5.02 Å². The summed E-state index contributed by atoms with van der Waals surface area (Å²) < 4.78 is 1.88. The lowest BCUT2D eigenvalue weighted by atomic mass is 10.1. The van der Waals surface area contributed by atoms with E-state index in [0.717, 1.165) is 53.5 Å². The molecule has 1 aliphatic heterocycles. The zero-order valence-electron chi connectivity index (χ0n) is 12.7. The summed E-state index contributed by atoms with van der Waals surface area (Å²) in [5.74, 6) is 0.954. The first-order chi connectivity index (χ1) is 11.2. The molecule has 1 aromatic carbocycles.